The summed E-state index contributed by atoms with van der Waals surface area (Å²) in [4.78, 5) is 42.0. The number of rotatable bonds is 3. The van der Waals surface area contributed by atoms with Crippen LogP contribution in [0, 0.1) is 11.8 Å². The summed E-state index contributed by atoms with van der Waals surface area (Å²) < 4.78 is 0. The van der Waals surface area contributed by atoms with Crippen molar-refractivity contribution in [2.75, 3.05) is 33.1 Å². The van der Waals surface area contributed by atoms with Gasteiger partial charge >= 0.3 is 0 Å². The van der Waals surface area contributed by atoms with Gasteiger partial charge in [-0.1, -0.05) is 0 Å². The van der Waals surface area contributed by atoms with Crippen molar-refractivity contribution in [1.82, 2.24) is 4.90 Å². The van der Waals surface area contributed by atoms with Crippen LogP contribution >= 0.6 is 12.4 Å². The molecule has 0 unspecified atom stereocenters. The smallest absolute Gasteiger partial charge is 0.255 e. The van der Waals surface area contributed by atoms with Gasteiger partial charge in [-0.25, -0.2) is 0 Å². The summed E-state index contributed by atoms with van der Waals surface area (Å²) in [5, 5.41) is 43.9. The molecule has 35 heavy (non-hydrogen) atoms. The van der Waals surface area contributed by atoms with E-state index in [0.717, 1.165) is 5.69 Å². The van der Waals surface area contributed by atoms with E-state index in [4.69, 9.17) is 5.73 Å². The Bertz CT molecular complexity index is 1180. The van der Waals surface area contributed by atoms with Crippen LogP contribution in [0.3, 0.4) is 0 Å². The molecule has 12 heteroatoms. The molecule has 1 amide bonds. The zero-order chi connectivity index (χ0) is 24.6. The molecule has 1 fully saturated rings. The number of aliphatic hydroxyl groups is 3. The third kappa shape index (κ3) is 3.66. The van der Waals surface area contributed by atoms with Crippen LogP contribution in [-0.2, 0) is 20.8 Å². The van der Waals surface area contributed by atoms with Crippen LogP contribution < -0.4 is 10.6 Å². The third-order valence-electron chi connectivity index (χ3n) is 7.06. The molecular formula is C23H30ClN3O8. The number of likely N-dealkylation sites (N-methyl/N-ethyl adjacent to an activating group) is 1. The minimum absolute atomic E-state index is 0. The minimum Gasteiger partial charge on any atom is -0.508 e. The number of hydrogen-bond acceptors (Lipinski definition) is 9. The van der Waals surface area contributed by atoms with Gasteiger partial charge in [0.05, 0.1) is 11.6 Å². The van der Waals surface area contributed by atoms with Crippen LogP contribution in [-0.4, -0.2) is 88.1 Å². The number of aliphatic hydroxyl groups excluding tert-OH is 2. The van der Waals surface area contributed by atoms with Crippen LogP contribution in [0.5, 0.6) is 5.75 Å². The van der Waals surface area contributed by atoms with E-state index >= 15 is 0 Å². The Hall–Kier alpha value is -3.12. The van der Waals surface area contributed by atoms with E-state index in [9.17, 15) is 34.8 Å². The molecule has 0 heterocycles. The van der Waals surface area contributed by atoms with Crippen molar-refractivity contribution >= 4 is 41.3 Å². The third-order valence-corrected chi connectivity index (χ3v) is 7.06. The second-order valence-electron chi connectivity index (χ2n) is 9.31. The maximum Gasteiger partial charge on any atom is 0.255 e. The number of phenolic OH excluding ortho intramolecular Hbond substituents is 1. The number of phenols is 1. The maximum absolute atomic E-state index is 13.7. The van der Waals surface area contributed by atoms with E-state index in [0.29, 0.717) is 5.56 Å². The first-order valence-corrected chi connectivity index (χ1v) is 10.5. The number of amides is 1. The maximum atomic E-state index is 13.7. The molecular weight excluding hydrogens is 482 g/mol. The molecule has 192 valence electrons. The van der Waals surface area contributed by atoms with E-state index in [2.05, 4.69) is 0 Å². The molecule has 8 N–H and O–H groups in total. The predicted octanol–water partition coefficient (Wildman–Crippen LogP) is -0.373. The van der Waals surface area contributed by atoms with Crippen molar-refractivity contribution in [3.63, 3.8) is 0 Å². The molecule has 0 aromatic heterocycles. The fourth-order valence-corrected chi connectivity index (χ4v) is 5.65. The molecule has 1 aromatic rings. The number of fused-ring (bicyclic) bond motifs is 3. The van der Waals surface area contributed by atoms with Gasteiger partial charge in [-0.05, 0) is 50.6 Å². The van der Waals surface area contributed by atoms with Gasteiger partial charge in [-0.3, -0.25) is 19.3 Å². The van der Waals surface area contributed by atoms with Gasteiger partial charge < -0.3 is 36.5 Å². The van der Waals surface area contributed by atoms with Crippen LogP contribution in [0.1, 0.15) is 17.5 Å². The van der Waals surface area contributed by atoms with Crippen molar-refractivity contribution in [2.45, 2.75) is 24.5 Å². The molecule has 0 bridgehead atoms. The number of ketones is 2. The van der Waals surface area contributed by atoms with Crippen molar-refractivity contribution < 1.29 is 40.3 Å². The van der Waals surface area contributed by atoms with Crippen LogP contribution in [0.4, 0.5) is 5.69 Å². The van der Waals surface area contributed by atoms with E-state index < -0.39 is 58.0 Å². The van der Waals surface area contributed by atoms with E-state index in [-0.39, 0.29) is 47.6 Å². The molecule has 11 nitrogen and oxygen atoms in total. The molecule has 3 aliphatic rings. The van der Waals surface area contributed by atoms with Gasteiger partial charge in [0.2, 0.25) is 5.78 Å². The highest BCUT2D eigenvalue weighted by Gasteiger charge is 2.64. The summed E-state index contributed by atoms with van der Waals surface area (Å²) in [5.41, 5.74) is 3.15. The summed E-state index contributed by atoms with van der Waals surface area (Å²) in [5.74, 6) is -6.54. The lowest BCUT2D eigenvalue weighted by atomic mass is 9.57. The topological polar surface area (TPSA) is 196 Å². The normalized spacial score (nSPS) is 27.4. The first-order chi connectivity index (χ1) is 15.3. The van der Waals surface area contributed by atoms with Gasteiger partial charge in [-0.15, -0.1) is 12.4 Å². The number of carbonyl (C=O) groups is 3. The Balaban J connectivity index is 0.00000216. The Morgan fingerprint density at radius 1 is 1.11 bits per heavy atom. The lowest BCUT2D eigenvalue weighted by Crippen LogP contribution is -2.65. The SMILES string of the molecule is CN(C)c1ccc(O)c2c1C[C@H]1C[C@H]3[C@H](N(C)C)C(=O)C(C(N)=O)=C(O)[C@@]3(O)C(=O)C1=C2O.Cl.O. The quantitative estimate of drug-likeness (QED) is 0.336. The number of benzene rings is 1. The minimum atomic E-state index is -2.63. The summed E-state index contributed by atoms with van der Waals surface area (Å²) in [6.45, 7) is 0. The van der Waals surface area contributed by atoms with Crippen molar-refractivity contribution in [2.24, 2.45) is 17.6 Å². The Labute approximate surface area is 207 Å². The number of anilines is 1. The van der Waals surface area contributed by atoms with Gasteiger partial charge in [0, 0.05) is 31.3 Å². The first kappa shape index (κ1) is 28.1. The lowest BCUT2D eigenvalue weighted by Gasteiger charge is -2.50. The van der Waals surface area contributed by atoms with Crippen LogP contribution in [0.2, 0.25) is 0 Å². The number of aromatic hydroxyl groups is 1. The Morgan fingerprint density at radius 2 is 1.71 bits per heavy atom. The summed E-state index contributed by atoms with van der Waals surface area (Å²) >= 11 is 0. The van der Waals surface area contributed by atoms with Crippen LogP contribution in [0.15, 0.2) is 29.0 Å². The van der Waals surface area contributed by atoms with Gasteiger partial charge in [0.1, 0.15) is 22.8 Å². The molecule has 0 aliphatic heterocycles. The molecule has 1 aromatic carbocycles. The number of Topliss-reactive ketones (excluding diaryl/α,β-unsaturated/α-hetero) is 2. The molecule has 4 rings (SSSR count). The number of hydrogen-bond donors (Lipinski definition) is 5. The molecule has 0 radical (unpaired) electrons. The van der Waals surface area contributed by atoms with E-state index in [1.54, 1.807) is 20.2 Å². The summed E-state index contributed by atoms with van der Waals surface area (Å²) in [7, 11) is 6.75. The second-order valence-corrected chi connectivity index (χ2v) is 9.31. The Kier molecular flexibility index (Phi) is 7.35. The Morgan fingerprint density at radius 3 is 2.23 bits per heavy atom. The molecule has 0 saturated heterocycles. The van der Waals surface area contributed by atoms with Gasteiger partial charge in [0.25, 0.3) is 5.91 Å². The van der Waals surface area contributed by atoms with Crippen LogP contribution in [0.25, 0.3) is 5.76 Å². The molecule has 3 aliphatic carbocycles. The zero-order valence-electron chi connectivity index (χ0n) is 19.7. The lowest BCUT2D eigenvalue weighted by molar-refractivity contribution is -0.153. The number of halogens is 1. The average Bonchev–Trinajstić information content (AvgIpc) is 2.70. The van der Waals surface area contributed by atoms with Crippen molar-refractivity contribution in [1.29, 1.82) is 0 Å². The average molecular weight is 512 g/mol. The van der Waals surface area contributed by atoms with E-state index in [1.165, 1.54) is 11.0 Å². The number of nitrogens with two attached hydrogens (primary N) is 1. The number of carbonyl (C=O) groups excluding carboxylic acids is 3. The number of primary amides is 1. The fourth-order valence-electron chi connectivity index (χ4n) is 5.65. The van der Waals surface area contributed by atoms with Crippen molar-refractivity contribution in [3.05, 3.63) is 40.2 Å². The standard InChI is InChI=1S/C23H27N3O7.ClH.H2O/c1-25(2)12-5-6-13(27)15-10(12)7-9-8-11-17(26(3)4)19(29)16(22(24)32)21(31)23(11,33)20(30)14(9)18(15)28;;/h5-6,9,11,17,27-28,31,33H,7-8H2,1-4H3,(H2,24,32);1H;1H2/t9-,11-,17-,23-;;/m0../s1. The fraction of sp³-hybridized carbons (Fsp3) is 0.435. The van der Waals surface area contributed by atoms with Gasteiger partial charge in [0.15, 0.2) is 11.4 Å². The summed E-state index contributed by atoms with van der Waals surface area (Å²) in [6.07, 6.45) is 0.324. The molecule has 0 spiro atoms. The monoisotopic (exact) mass is 511 g/mol. The van der Waals surface area contributed by atoms with Gasteiger partial charge in [-0.2, -0.15) is 0 Å². The largest absolute Gasteiger partial charge is 0.508 e. The predicted molar refractivity (Wildman–Crippen MR) is 129 cm³/mol. The number of nitrogens with zero attached hydrogens (tertiary/aromatic N) is 2. The first-order valence-electron chi connectivity index (χ1n) is 10.5. The highest BCUT2D eigenvalue weighted by Crippen LogP contribution is 2.53. The van der Waals surface area contributed by atoms with Crippen molar-refractivity contribution in [3.8, 4) is 5.75 Å². The highest BCUT2D eigenvalue weighted by molar-refractivity contribution is 6.24. The second kappa shape index (κ2) is 9.15. The molecule has 1 saturated carbocycles. The molecule has 4 atom stereocenters. The highest BCUT2D eigenvalue weighted by atomic mass is 35.5. The summed E-state index contributed by atoms with van der Waals surface area (Å²) in [6, 6.07) is 2.01. The zero-order valence-corrected chi connectivity index (χ0v) is 20.5. The van der Waals surface area contributed by atoms with E-state index in [1.807, 2.05) is 19.0 Å².